The van der Waals surface area contributed by atoms with Gasteiger partial charge in [-0.3, -0.25) is 0 Å². The fraction of sp³-hybridized carbons (Fsp3) is 0. The van der Waals surface area contributed by atoms with E-state index in [1.807, 2.05) is 0 Å². The first-order chi connectivity index (χ1) is 12.7. The molecule has 0 heterocycles. The lowest BCUT2D eigenvalue weighted by Crippen LogP contribution is -1.95. The van der Waals surface area contributed by atoms with Crippen LogP contribution < -0.4 is 0 Å². The molecule has 2 aliphatic rings. The Morgan fingerprint density at radius 3 is 1.67 bits per heavy atom. The summed E-state index contributed by atoms with van der Waals surface area (Å²) >= 11 is 5.32. The maximum absolute atomic E-state index is 14.5. The number of halogens is 6. The fourth-order valence-electron chi connectivity index (χ4n) is 2.01. The van der Waals surface area contributed by atoms with Crippen molar-refractivity contribution >= 4 is 31.9 Å². The summed E-state index contributed by atoms with van der Waals surface area (Å²) in [5, 5.41) is 26.4. The highest BCUT2D eigenvalue weighted by Gasteiger charge is 2.39. The molecule has 0 atom stereocenters. The molecule has 27 heavy (non-hydrogen) atoms. The first-order valence-electron chi connectivity index (χ1n) is 6.41. The Morgan fingerprint density at radius 1 is 0.815 bits per heavy atom. The molecule has 2 rings (SSSR count). The van der Waals surface area contributed by atoms with Gasteiger partial charge in [0.1, 0.15) is 23.5 Å². The lowest BCUT2D eigenvalue weighted by atomic mass is 10.1. The fourth-order valence-corrected chi connectivity index (χ4v) is 2.92. The van der Waals surface area contributed by atoms with Gasteiger partial charge in [-0.05, 0) is 31.9 Å². The van der Waals surface area contributed by atoms with Crippen molar-refractivity contribution in [2.75, 3.05) is 0 Å². The van der Waals surface area contributed by atoms with Crippen molar-refractivity contribution in [1.29, 1.82) is 15.8 Å². The highest BCUT2D eigenvalue weighted by atomic mass is 79.9. The molecule has 0 unspecified atom stereocenters. The maximum Gasteiger partial charge on any atom is 0.274 e. The summed E-state index contributed by atoms with van der Waals surface area (Å²) in [6, 6.07) is 3.91. The number of hydrogen-bond donors (Lipinski definition) is 0. The highest BCUT2D eigenvalue weighted by Crippen LogP contribution is 2.49. The van der Waals surface area contributed by atoms with Crippen LogP contribution in [0.5, 0.6) is 0 Å². The zero-order valence-electron chi connectivity index (χ0n) is 12.5. The van der Waals surface area contributed by atoms with E-state index < -0.39 is 66.2 Å². The first kappa shape index (κ1) is 20.2. The summed E-state index contributed by atoms with van der Waals surface area (Å²) in [5.74, 6) is -7.60. The van der Waals surface area contributed by atoms with Crippen molar-refractivity contribution in [2.45, 2.75) is 0 Å². The second-order valence-corrected chi connectivity index (χ2v) is 6.15. The molecule has 11 heteroatoms. The summed E-state index contributed by atoms with van der Waals surface area (Å²) in [7, 11) is 0. The second-order valence-electron chi connectivity index (χ2n) is 4.57. The first-order valence-corrected chi connectivity index (χ1v) is 8.00. The lowest BCUT2D eigenvalue weighted by Gasteiger charge is -2.08. The molecule has 132 valence electrons. The van der Waals surface area contributed by atoms with E-state index in [0.717, 1.165) is 0 Å². The standard InChI is InChI=1S/C16Br2F4N4O/c1-26-6(4-25)8-12(20)10(18)16(14(8)22)27-15-9(17)11(19)7(13(15)21)5(2-23)3-24/b8-6-. The molecular formula is C16Br2F4N4O. The van der Waals surface area contributed by atoms with Gasteiger partial charge in [0.25, 0.3) is 5.70 Å². The third-order valence-corrected chi connectivity index (χ3v) is 4.61. The number of rotatable bonds is 2. The van der Waals surface area contributed by atoms with Gasteiger partial charge < -0.3 is 4.74 Å². The van der Waals surface area contributed by atoms with Crippen LogP contribution in [0.15, 0.2) is 66.2 Å². The third kappa shape index (κ3) is 3.08. The van der Waals surface area contributed by atoms with Gasteiger partial charge in [-0.25, -0.2) is 27.7 Å². The number of nitrogens with zero attached hydrogens (tertiary/aromatic N) is 4. The average Bonchev–Trinajstić information content (AvgIpc) is 2.99. The van der Waals surface area contributed by atoms with Crippen LogP contribution in [0.2, 0.25) is 0 Å². The van der Waals surface area contributed by atoms with Crippen LogP contribution in [0.3, 0.4) is 0 Å². The average molecular weight is 500 g/mol. The molecular weight excluding hydrogens is 500 g/mol. The van der Waals surface area contributed by atoms with E-state index in [1.165, 1.54) is 18.2 Å². The molecule has 0 N–H and O–H groups in total. The van der Waals surface area contributed by atoms with Gasteiger partial charge in [0.05, 0.1) is 32.8 Å². The predicted molar refractivity (Wildman–Crippen MR) is 89.0 cm³/mol. The van der Waals surface area contributed by atoms with Gasteiger partial charge in [0, 0.05) is 0 Å². The van der Waals surface area contributed by atoms with Crippen molar-refractivity contribution in [3.05, 3.63) is 77.6 Å². The molecule has 0 saturated heterocycles. The second kappa shape index (κ2) is 7.63. The molecule has 0 aromatic heterocycles. The summed E-state index contributed by atoms with van der Waals surface area (Å²) in [6.07, 6.45) is 0. The monoisotopic (exact) mass is 498 g/mol. The minimum Gasteiger partial charge on any atom is -0.449 e. The minimum atomic E-state index is -1.50. The topological polar surface area (TPSA) is 85.0 Å². The molecule has 0 bridgehead atoms. The lowest BCUT2D eigenvalue weighted by molar-refractivity contribution is 0.307. The van der Waals surface area contributed by atoms with E-state index in [0.29, 0.717) is 0 Å². The number of ether oxygens (including phenoxy) is 1. The summed E-state index contributed by atoms with van der Waals surface area (Å²) in [5.41, 5.74) is -3.82. The van der Waals surface area contributed by atoms with E-state index in [1.54, 1.807) is 0 Å². The molecule has 0 aromatic rings. The zero-order chi connectivity index (χ0) is 20.5. The van der Waals surface area contributed by atoms with Gasteiger partial charge in [-0.2, -0.15) is 10.5 Å². The van der Waals surface area contributed by atoms with Crippen molar-refractivity contribution in [2.24, 2.45) is 0 Å². The van der Waals surface area contributed by atoms with Crippen LogP contribution in [0, 0.1) is 40.6 Å². The van der Waals surface area contributed by atoms with Gasteiger partial charge in [0.2, 0.25) is 0 Å². The molecule has 0 fully saturated rings. The van der Waals surface area contributed by atoms with Crippen LogP contribution in [-0.4, -0.2) is 0 Å². The Hall–Kier alpha value is -3.12. The van der Waals surface area contributed by atoms with Gasteiger partial charge in [-0.1, -0.05) is 0 Å². The molecule has 0 aliphatic heterocycles. The Kier molecular flexibility index (Phi) is 5.71. The Bertz CT molecular complexity index is 1020. The maximum atomic E-state index is 14.5. The normalized spacial score (nSPS) is 18.4. The number of nitriles is 3. The summed E-state index contributed by atoms with van der Waals surface area (Å²) in [4.78, 5) is 2.69. The van der Waals surface area contributed by atoms with Crippen molar-refractivity contribution < 1.29 is 22.3 Å². The molecule has 0 spiro atoms. The van der Waals surface area contributed by atoms with E-state index in [-0.39, 0.29) is 0 Å². The summed E-state index contributed by atoms with van der Waals surface area (Å²) < 4.78 is 60.9. The number of hydrogen-bond acceptors (Lipinski definition) is 4. The highest BCUT2D eigenvalue weighted by molar-refractivity contribution is 9.12. The van der Waals surface area contributed by atoms with E-state index >= 15 is 0 Å². The largest absolute Gasteiger partial charge is 0.449 e. The van der Waals surface area contributed by atoms with E-state index in [4.69, 9.17) is 27.1 Å². The van der Waals surface area contributed by atoms with Gasteiger partial charge >= 0.3 is 0 Å². The van der Waals surface area contributed by atoms with Gasteiger partial charge in [0.15, 0.2) is 29.0 Å². The molecule has 0 saturated carbocycles. The van der Waals surface area contributed by atoms with Crippen molar-refractivity contribution in [3.63, 3.8) is 0 Å². The predicted octanol–water partition coefficient (Wildman–Crippen LogP) is 5.59. The molecule has 0 aromatic carbocycles. The minimum absolute atomic E-state index is 0.675. The number of allylic oxidation sites excluding steroid dienone is 10. The third-order valence-electron chi connectivity index (χ3n) is 3.19. The zero-order valence-corrected chi connectivity index (χ0v) is 15.6. The Balaban J connectivity index is 2.69. The summed E-state index contributed by atoms with van der Waals surface area (Å²) in [6.45, 7) is 6.78. The van der Waals surface area contributed by atoms with Crippen molar-refractivity contribution in [1.82, 2.24) is 0 Å². The quantitative estimate of drug-likeness (QED) is 0.282. The SMILES string of the molecule is [C-]#[N+]/C(C#N)=C1/C(F)=C(Br)C(OC2=C(F)C(=C(C#N)C#N)C(F)=C2Br)=C1F. The Morgan fingerprint density at radius 2 is 1.26 bits per heavy atom. The van der Waals surface area contributed by atoms with E-state index in [9.17, 15) is 17.6 Å². The molecule has 0 radical (unpaired) electrons. The van der Waals surface area contributed by atoms with E-state index in [2.05, 4.69) is 36.7 Å². The van der Waals surface area contributed by atoms with Crippen molar-refractivity contribution in [3.8, 4) is 18.2 Å². The van der Waals surface area contributed by atoms with Crippen LogP contribution in [0.25, 0.3) is 4.85 Å². The van der Waals surface area contributed by atoms with Crippen LogP contribution >= 0.6 is 31.9 Å². The van der Waals surface area contributed by atoms with Crippen LogP contribution in [0.4, 0.5) is 17.6 Å². The smallest absolute Gasteiger partial charge is 0.274 e. The Labute approximate surface area is 165 Å². The van der Waals surface area contributed by atoms with Crippen LogP contribution in [-0.2, 0) is 4.74 Å². The molecule has 2 aliphatic carbocycles. The van der Waals surface area contributed by atoms with Crippen LogP contribution in [0.1, 0.15) is 0 Å². The van der Waals surface area contributed by atoms with Gasteiger partial charge in [-0.15, -0.1) is 0 Å². The molecule has 0 amide bonds. The molecule has 5 nitrogen and oxygen atoms in total.